The number of carbonyl (C=O) groups excluding carboxylic acids is 1. The van der Waals surface area contributed by atoms with Gasteiger partial charge in [-0.2, -0.15) is 0 Å². The number of H-pyrrole nitrogens is 1. The molecule has 4 heteroatoms. The summed E-state index contributed by atoms with van der Waals surface area (Å²) >= 11 is 0. The zero-order valence-corrected chi connectivity index (χ0v) is 8.32. The Balaban J connectivity index is 2.09. The molecule has 0 saturated carbocycles. The van der Waals surface area contributed by atoms with Crippen LogP contribution in [0, 0.1) is 6.92 Å². The molecular formula is C11H11N3O. The lowest BCUT2D eigenvalue weighted by Crippen LogP contribution is -2.13. The maximum atomic E-state index is 11.6. The molecule has 2 N–H and O–H groups in total. The van der Waals surface area contributed by atoms with Crippen molar-refractivity contribution in [3.63, 3.8) is 0 Å². The van der Waals surface area contributed by atoms with Gasteiger partial charge in [0.15, 0.2) is 5.82 Å². The highest BCUT2D eigenvalue weighted by Crippen LogP contribution is 2.09. The van der Waals surface area contributed by atoms with Crippen LogP contribution in [0.1, 0.15) is 16.2 Å². The number of aryl methyl sites for hydroxylation is 1. The third-order valence-electron chi connectivity index (χ3n) is 2.02. The van der Waals surface area contributed by atoms with Crippen LogP contribution in [0.4, 0.5) is 5.69 Å². The van der Waals surface area contributed by atoms with Gasteiger partial charge < -0.3 is 10.3 Å². The number of hydrogen-bond donors (Lipinski definition) is 2. The van der Waals surface area contributed by atoms with Crippen LogP contribution in [-0.2, 0) is 0 Å². The molecular weight excluding hydrogens is 190 g/mol. The highest BCUT2D eigenvalue weighted by Gasteiger charge is 2.06. The molecule has 0 bridgehead atoms. The lowest BCUT2D eigenvalue weighted by molar-refractivity contribution is 0.101. The number of nitrogens with one attached hydrogen (secondary N) is 2. The van der Waals surface area contributed by atoms with Crippen molar-refractivity contribution in [2.75, 3.05) is 5.32 Å². The number of benzene rings is 1. The van der Waals surface area contributed by atoms with Gasteiger partial charge >= 0.3 is 0 Å². The average molecular weight is 201 g/mol. The molecule has 0 spiro atoms. The van der Waals surface area contributed by atoms with E-state index in [0.29, 0.717) is 5.82 Å². The molecule has 2 aromatic rings. The first-order valence-electron chi connectivity index (χ1n) is 4.63. The second-order valence-corrected chi connectivity index (χ2v) is 3.26. The van der Waals surface area contributed by atoms with Crippen molar-refractivity contribution in [3.8, 4) is 0 Å². The predicted molar refractivity (Wildman–Crippen MR) is 57.7 cm³/mol. The molecule has 1 heterocycles. The zero-order valence-electron chi connectivity index (χ0n) is 8.32. The number of amides is 1. The summed E-state index contributed by atoms with van der Waals surface area (Å²) in [5.41, 5.74) is 1.92. The summed E-state index contributed by atoms with van der Waals surface area (Å²) < 4.78 is 0. The van der Waals surface area contributed by atoms with Gasteiger partial charge in [0.25, 0.3) is 5.91 Å². The lowest BCUT2D eigenvalue weighted by atomic mass is 10.2. The quantitative estimate of drug-likeness (QED) is 0.780. The fourth-order valence-electron chi connectivity index (χ4n) is 1.22. The molecule has 2 rings (SSSR count). The highest BCUT2D eigenvalue weighted by molar-refractivity contribution is 6.01. The second kappa shape index (κ2) is 3.96. The smallest absolute Gasteiger partial charge is 0.291 e. The first-order chi connectivity index (χ1) is 7.25. The molecule has 1 amide bonds. The topological polar surface area (TPSA) is 57.8 Å². The van der Waals surface area contributed by atoms with Crippen LogP contribution in [0.5, 0.6) is 0 Å². The van der Waals surface area contributed by atoms with E-state index in [9.17, 15) is 4.79 Å². The summed E-state index contributed by atoms with van der Waals surface area (Å²) in [5.74, 6) is 0.0828. The van der Waals surface area contributed by atoms with E-state index in [1.165, 1.54) is 0 Å². The maximum Gasteiger partial charge on any atom is 0.291 e. The molecule has 0 unspecified atom stereocenters. The number of carbonyl (C=O) groups is 1. The predicted octanol–water partition coefficient (Wildman–Crippen LogP) is 1.97. The minimum atomic E-state index is -0.233. The van der Waals surface area contributed by atoms with Gasteiger partial charge in [-0.15, -0.1) is 0 Å². The molecule has 15 heavy (non-hydrogen) atoms. The van der Waals surface area contributed by atoms with Crippen molar-refractivity contribution in [1.82, 2.24) is 9.97 Å². The fourth-order valence-corrected chi connectivity index (χ4v) is 1.22. The fraction of sp³-hybridized carbons (Fsp3) is 0.0909. The van der Waals surface area contributed by atoms with E-state index in [1.54, 1.807) is 12.4 Å². The van der Waals surface area contributed by atoms with Crippen molar-refractivity contribution < 1.29 is 4.79 Å². The van der Waals surface area contributed by atoms with Gasteiger partial charge in [-0.3, -0.25) is 4.79 Å². The number of imidazole rings is 1. The van der Waals surface area contributed by atoms with E-state index >= 15 is 0 Å². The Morgan fingerprint density at radius 3 is 2.67 bits per heavy atom. The number of aromatic nitrogens is 2. The van der Waals surface area contributed by atoms with Gasteiger partial charge in [-0.25, -0.2) is 4.98 Å². The Bertz CT molecular complexity index is 445. The minimum absolute atomic E-state index is 0.233. The Labute approximate surface area is 87.4 Å². The van der Waals surface area contributed by atoms with E-state index < -0.39 is 0 Å². The maximum absolute atomic E-state index is 11.6. The third-order valence-corrected chi connectivity index (χ3v) is 2.02. The summed E-state index contributed by atoms with van der Waals surface area (Å²) in [6.45, 7) is 2.00. The molecule has 4 nitrogen and oxygen atoms in total. The third kappa shape index (κ3) is 2.22. The van der Waals surface area contributed by atoms with Crippen molar-refractivity contribution in [2.24, 2.45) is 0 Å². The monoisotopic (exact) mass is 201 g/mol. The van der Waals surface area contributed by atoms with Gasteiger partial charge in [-0.05, 0) is 19.1 Å². The number of anilines is 1. The van der Waals surface area contributed by atoms with Crippen LogP contribution in [0.15, 0.2) is 36.7 Å². The summed E-state index contributed by atoms with van der Waals surface area (Å²) in [5, 5.41) is 2.74. The standard InChI is InChI=1S/C11H11N3O/c1-8-2-4-9(5-3-8)14-11(15)10-12-6-7-13-10/h2-7H,1H3,(H,12,13)(H,14,15). The van der Waals surface area contributed by atoms with Crippen molar-refractivity contribution >= 4 is 11.6 Å². The summed E-state index contributed by atoms with van der Waals surface area (Å²) in [7, 11) is 0. The van der Waals surface area contributed by atoms with Crippen LogP contribution in [0.3, 0.4) is 0 Å². The van der Waals surface area contributed by atoms with E-state index in [-0.39, 0.29) is 5.91 Å². The van der Waals surface area contributed by atoms with Crippen molar-refractivity contribution in [1.29, 1.82) is 0 Å². The Hall–Kier alpha value is -2.10. The normalized spacial score (nSPS) is 9.93. The van der Waals surface area contributed by atoms with E-state index in [2.05, 4.69) is 15.3 Å². The van der Waals surface area contributed by atoms with E-state index in [1.807, 2.05) is 31.2 Å². The molecule has 1 aromatic heterocycles. The molecule has 0 aliphatic carbocycles. The van der Waals surface area contributed by atoms with Crippen LogP contribution in [-0.4, -0.2) is 15.9 Å². The SMILES string of the molecule is Cc1ccc(NC(=O)c2ncc[nH]2)cc1. The summed E-state index contributed by atoms with van der Waals surface area (Å²) in [4.78, 5) is 18.2. The van der Waals surface area contributed by atoms with Crippen LogP contribution < -0.4 is 5.32 Å². The molecule has 0 aliphatic rings. The number of nitrogens with zero attached hydrogens (tertiary/aromatic N) is 1. The van der Waals surface area contributed by atoms with E-state index in [4.69, 9.17) is 0 Å². The summed E-state index contributed by atoms with van der Waals surface area (Å²) in [6, 6.07) is 7.60. The van der Waals surface area contributed by atoms with Crippen LogP contribution in [0.2, 0.25) is 0 Å². The molecule has 0 saturated heterocycles. The van der Waals surface area contributed by atoms with Gasteiger partial charge in [0.05, 0.1) is 0 Å². The molecule has 0 atom stereocenters. The van der Waals surface area contributed by atoms with Crippen molar-refractivity contribution in [2.45, 2.75) is 6.92 Å². The number of rotatable bonds is 2. The van der Waals surface area contributed by atoms with Crippen LogP contribution in [0.25, 0.3) is 0 Å². The van der Waals surface area contributed by atoms with E-state index in [0.717, 1.165) is 11.3 Å². The minimum Gasteiger partial charge on any atom is -0.341 e. The van der Waals surface area contributed by atoms with Crippen LogP contribution >= 0.6 is 0 Å². The highest BCUT2D eigenvalue weighted by atomic mass is 16.2. The van der Waals surface area contributed by atoms with Gasteiger partial charge in [0.2, 0.25) is 0 Å². The largest absolute Gasteiger partial charge is 0.341 e. The van der Waals surface area contributed by atoms with Gasteiger partial charge in [0, 0.05) is 18.1 Å². The number of aromatic amines is 1. The molecule has 0 aliphatic heterocycles. The molecule has 0 radical (unpaired) electrons. The Morgan fingerprint density at radius 2 is 2.07 bits per heavy atom. The summed E-state index contributed by atoms with van der Waals surface area (Å²) in [6.07, 6.45) is 3.16. The van der Waals surface area contributed by atoms with Gasteiger partial charge in [0.1, 0.15) is 0 Å². The Morgan fingerprint density at radius 1 is 1.33 bits per heavy atom. The molecule has 76 valence electrons. The average Bonchev–Trinajstić information content (AvgIpc) is 2.74. The first-order valence-corrected chi connectivity index (χ1v) is 4.63. The van der Waals surface area contributed by atoms with Gasteiger partial charge in [-0.1, -0.05) is 17.7 Å². The second-order valence-electron chi connectivity index (χ2n) is 3.26. The first kappa shape index (κ1) is 9.45. The zero-order chi connectivity index (χ0) is 10.7. The number of hydrogen-bond acceptors (Lipinski definition) is 2. The Kier molecular flexibility index (Phi) is 2.49. The molecule has 1 aromatic carbocycles. The lowest BCUT2D eigenvalue weighted by Gasteiger charge is -2.02. The van der Waals surface area contributed by atoms with Crippen molar-refractivity contribution in [3.05, 3.63) is 48.0 Å². The molecule has 0 fully saturated rings.